The van der Waals surface area contributed by atoms with Gasteiger partial charge < -0.3 is 79.1 Å². The van der Waals surface area contributed by atoms with Crippen LogP contribution < -0.4 is 0 Å². The molecule has 17 heteroatoms. The number of aliphatic hydroxyl groups is 9. The van der Waals surface area contributed by atoms with Crippen molar-refractivity contribution < 1.29 is 83.9 Å². The number of carbonyl (C=O) groups is 1. The fraction of sp³-hybridized carbons (Fsp3) is 0.938. The van der Waals surface area contributed by atoms with Gasteiger partial charge in [-0.15, -0.1) is 0 Å². The Morgan fingerprint density at radius 3 is 2.02 bits per heavy atom. The molecule has 3 saturated heterocycles. The van der Waals surface area contributed by atoms with Crippen molar-refractivity contribution in [3.8, 4) is 0 Å². The minimum Gasteiger partial charge on any atom is -0.467 e. The Labute approximate surface area is 382 Å². The standard InChI is InChI=1S/C48H78O17/c1-22-30(52)32(54)35(57)40(60-22)64-37-31(53)25(20-49)61-41(37)65-38-34(56)33(55)36(39(58)59-9)63-42(38)62-29-13-14-45(5)26(46(29,6)21-50)12-15-48(8)27(45)11-10-23-24-18-43(2,3)19-28(51)44(24,4)16-17-47(23,48)7/h10,22,24-38,40-42,49-57H,11-21H2,1-9H3/t22-,24+,25-,26-,27-,28-,29+,30-,31-,32+,33+,34+,35+,36+,37+,38-,40-,41-,42-,44-,45+,46-,47-,48-/m1/s1. The molecule has 0 aromatic rings. The van der Waals surface area contributed by atoms with Crippen LogP contribution in [0.3, 0.4) is 0 Å². The van der Waals surface area contributed by atoms with E-state index in [1.165, 1.54) is 12.5 Å². The SMILES string of the molecule is COC(=O)[C@H]1O[C@@H](O[C@H]2CC[C@@]3(C)[C@@H](CC[C@]4(C)[C@@H]3CC=C3[C@@H]5CC(C)(C)C[C@@H](O)[C@]5(C)CC[C@]34C)[C@@]2(C)CO)[C@H](O[C@H]2O[C@H](CO)[C@@H](O)[C@@H]2O[C@H]2O[C@H](C)[C@@H](O)[C@H](O)[C@@H]2O)[C@@H](O)[C@@H]1O. The minimum atomic E-state index is -1.88. The number of esters is 1. The molecule has 0 spiro atoms. The number of hydrogen-bond acceptors (Lipinski definition) is 17. The van der Waals surface area contributed by atoms with Gasteiger partial charge in [0.05, 0.1) is 38.6 Å². The molecule has 8 rings (SSSR count). The average Bonchev–Trinajstić information content (AvgIpc) is 3.55. The third kappa shape index (κ3) is 7.72. The number of methoxy groups -OCH3 is 1. The van der Waals surface area contributed by atoms with Crippen LogP contribution in [0.25, 0.3) is 0 Å². The van der Waals surface area contributed by atoms with Crippen LogP contribution in [0.2, 0.25) is 0 Å². The lowest BCUT2D eigenvalue weighted by Crippen LogP contribution is -2.67. The lowest BCUT2D eigenvalue weighted by atomic mass is 9.33. The summed E-state index contributed by atoms with van der Waals surface area (Å²) in [6.45, 7) is 16.7. The maximum atomic E-state index is 13.0. The molecule has 65 heavy (non-hydrogen) atoms. The van der Waals surface area contributed by atoms with Crippen molar-refractivity contribution >= 4 is 5.97 Å². The molecule has 0 aromatic heterocycles. The second-order valence-corrected chi connectivity index (χ2v) is 23.3. The molecule has 0 unspecified atom stereocenters. The van der Waals surface area contributed by atoms with E-state index in [1.807, 2.05) is 6.92 Å². The monoisotopic (exact) mass is 927 g/mol. The van der Waals surface area contributed by atoms with Crippen LogP contribution in [0, 0.1) is 50.2 Å². The van der Waals surface area contributed by atoms with Gasteiger partial charge in [0.1, 0.15) is 54.9 Å². The van der Waals surface area contributed by atoms with Gasteiger partial charge in [0.25, 0.3) is 0 Å². The minimum absolute atomic E-state index is 0.0240. The number of rotatable bonds is 9. The Morgan fingerprint density at radius 1 is 0.692 bits per heavy atom. The van der Waals surface area contributed by atoms with Crippen LogP contribution in [0.15, 0.2) is 11.6 Å². The number of carbonyl (C=O) groups excluding carboxylic acids is 1. The normalized spacial score (nSPS) is 55.2. The molecule has 0 bridgehead atoms. The smallest absolute Gasteiger partial charge is 0.337 e. The van der Waals surface area contributed by atoms with Crippen molar-refractivity contribution in [2.24, 2.45) is 50.2 Å². The van der Waals surface area contributed by atoms with Gasteiger partial charge in [0.15, 0.2) is 25.0 Å². The number of fused-ring (bicyclic) bond motifs is 7. The van der Waals surface area contributed by atoms with E-state index < -0.39 is 110 Å². The highest BCUT2D eigenvalue weighted by atomic mass is 16.8. The molecule has 0 amide bonds. The van der Waals surface area contributed by atoms with E-state index in [4.69, 9.17) is 33.2 Å². The van der Waals surface area contributed by atoms with Crippen molar-refractivity contribution in [2.75, 3.05) is 20.3 Å². The van der Waals surface area contributed by atoms with E-state index in [9.17, 15) is 50.8 Å². The quantitative estimate of drug-likeness (QED) is 0.0900. The third-order valence-corrected chi connectivity index (χ3v) is 19.3. The Bertz CT molecular complexity index is 1780. The lowest BCUT2D eigenvalue weighted by Gasteiger charge is -2.72. The molecular weight excluding hydrogens is 849 g/mol. The molecule has 17 nitrogen and oxygen atoms in total. The van der Waals surface area contributed by atoms with Gasteiger partial charge in [0.2, 0.25) is 0 Å². The molecule has 372 valence electrons. The van der Waals surface area contributed by atoms with Crippen LogP contribution in [-0.2, 0) is 38.0 Å². The van der Waals surface area contributed by atoms with E-state index >= 15 is 0 Å². The Balaban J connectivity index is 1.07. The highest BCUT2D eigenvalue weighted by molar-refractivity contribution is 5.75. The second kappa shape index (κ2) is 17.5. The topological polar surface area (TPSA) is 264 Å². The van der Waals surface area contributed by atoms with Crippen LogP contribution in [-0.4, -0.2) is 170 Å². The molecule has 3 aliphatic heterocycles. The molecule has 0 radical (unpaired) electrons. The molecule has 24 atom stereocenters. The summed E-state index contributed by atoms with van der Waals surface area (Å²) < 4.78 is 41.6. The van der Waals surface area contributed by atoms with Crippen LogP contribution >= 0.6 is 0 Å². The zero-order chi connectivity index (χ0) is 47.6. The fourth-order valence-corrected chi connectivity index (χ4v) is 15.0. The highest BCUT2D eigenvalue weighted by Gasteiger charge is 2.70. The summed E-state index contributed by atoms with van der Waals surface area (Å²) in [5.74, 6) is -0.416. The average molecular weight is 927 g/mol. The predicted octanol–water partition coefficient (Wildman–Crippen LogP) is 1.43. The summed E-state index contributed by atoms with van der Waals surface area (Å²) in [5.41, 5.74) is 0.191. The van der Waals surface area contributed by atoms with E-state index in [2.05, 4.69) is 47.6 Å². The van der Waals surface area contributed by atoms with Gasteiger partial charge in [-0.3, -0.25) is 0 Å². The summed E-state index contributed by atoms with van der Waals surface area (Å²) in [6.07, 6.45) is -13.0. The first-order chi connectivity index (χ1) is 30.4. The molecule has 7 fully saturated rings. The number of hydrogen-bond donors (Lipinski definition) is 9. The van der Waals surface area contributed by atoms with Crippen molar-refractivity contribution in [3.05, 3.63) is 11.6 Å². The Hall–Kier alpha value is -1.39. The predicted molar refractivity (Wildman–Crippen MR) is 229 cm³/mol. The Kier molecular flexibility index (Phi) is 13.4. The largest absolute Gasteiger partial charge is 0.467 e. The molecule has 8 aliphatic rings. The fourth-order valence-electron chi connectivity index (χ4n) is 15.0. The van der Waals surface area contributed by atoms with Gasteiger partial charge in [-0.1, -0.05) is 60.1 Å². The third-order valence-electron chi connectivity index (χ3n) is 19.3. The van der Waals surface area contributed by atoms with Crippen molar-refractivity contribution in [1.29, 1.82) is 0 Å². The van der Waals surface area contributed by atoms with Gasteiger partial charge in [0, 0.05) is 10.8 Å². The van der Waals surface area contributed by atoms with E-state index in [0.29, 0.717) is 12.3 Å². The summed E-state index contributed by atoms with van der Waals surface area (Å²) in [4.78, 5) is 13.0. The number of allylic oxidation sites excluding steroid dienone is 2. The maximum absolute atomic E-state index is 13.0. The lowest BCUT2D eigenvalue weighted by molar-refractivity contribution is -0.363. The Morgan fingerprint density at radius 2 is 1.35 bits per heavy atom. The zero-order valence-corrected chi connectivity index (χ0v) is 39.6. The van der Waals surface area contributed by atoms with Crippen LogP contribution in [0.5, 0.6) is 0 Å². The molecular formula is C48H78O17. The number of ether oxygens (including phenoxy) is 7. The first kappa shape index (κ1) is 50.0. The molecule has 4 saturated carbocycles. The molecule has 9 N–H and O–H groups in total. The van der Waals surface area contributed by atoms with Crippen molar-refractivity contribution in [1.82, 2.24) is 0 Å². The molecule has 5 aliphatic carbocycles. The van der Waals surface area contributed by atoms with Gasteiger partial charge in [-0.25, -0.2) is 4.79 Å². The van der Waals surface area contributed by atoms with Crippen molar-refractivity contribution in [3.63, 3.8) is 0 Å². The van der Waals surface area contributed by atoms with Gasteiger partial charge in [-0.05, 0) is 104 Å². The second-order valence-electron chi connectivity index (χ2n) is 23.3. The van der Waals surface area contributed by atoms with Crippen LogP contribution in [0.1, 0.15) is 113 Å². The van der Waals surface area contributed by atoms with E-state index in [0.717, 1.165) is 58.5 Å². The summed E-state index contributed by atoms with van der Waals surface area (Å²) in [6, 6.07) is 0. The van der Waals surface area contributed by atoms with Crippen molar-refractivity contribution in [2.45, 2.75) is 211 Å². The van der Waals surface area contributed by atoms with E-state index in [1.54, 1.807) is 0 Å². The van der Waals surface area contributed by atoms with E-state index in [-0.39, 0.29) is 51.6 Å². The molecule has 0 aromatic carbocycles. The van der Waals surface area contributed by atoms with Gasteiger partial charge in [-0.2, -0.15) is 0 Å². The number of aliphatic hydroxyl groups excluding tert-OH is 9. The first-order valence-electron chi connectivity index (χ1n) is 24.0. The highest BCUT2D eigenvalue weighted by Crippen LogP contribution is 2.76. The summed E-state index contributed by atoms with van der Waals surface area (Å²) in [5, 5.41) is 98.9. The van der Waals surface area contributed by atoms with Gasteiger partial charge >= 0.3 is 5.97 Å². The first-order valence-corrected chi connectivity index (χ1v) is 24.0. The summed E-state index contributed by atoms with van der Waals surface area (Å²) in [7, 11) is 1.11. The molecule has 3 heterocycles. The summed E-state index contributed by atoms with van der Waals surface area (Å²) >= 11 is 0. The van der Waals surface area contributed by atoms with Crippen LogP contribution in [0.4, 0.5) is 0 Å². The maximum Gasteiger partial charge on any atom is 0.337 e. The zero-order valence-electron chi connectivity index (χ0n) is 39.6.